The van der Waals surface area contributed by atoms with Crippen LogP contribution >= 0.6 is 11.7 Å². The third-order valence-corrected chi connectivity index (χ3v) is 2.44. The molecule has 0 atom stereocenters. The fourth-order valence-electron chi connectivity index (χ4n) is 1.18. The third-order valence-electron chi connectivity index (χ3n) is 1.96. The molecule has 2 aromatic heterocycles. The highest BCUT2D eigenvalue weighted by atomic mass is 32.1. The van der Waals surface area contributed by atoms with Gasteiger partial charge in [0.1, 0.15) is 0 Å². The predicted octanol–water partition coefficient (Wildman–Crippen LogP) is 1.13. The summed E-state index contributed by atoms with van der Waals surface area (Å²) in [7, 11) is 0. The molecule has 0 saturated heterocycles. The predicted molar refractivity (Wildman–Crippen MR) is 55.9 cm³/mol. The van der Waals surface area contributed by atoms with Gasteiger partial charge in [0.2, 0.25) is 0 Å². The van der Waals surface area contributed by atoms with Crippen LogP contribution in [0.4, 0.5) is 5.69 Å². The third kappa shape index (κ3) is 1.86. The first-order valence-corrected chi connectivity index (χ1v) is 5.02. The Balaban J connectivity index is 2.20. The lowest BCUT2D eigenvalue weighted by atomic mass is 10.3. The van der Waals surface area contributed by atoms with Gasteiger partial charge in [-0.3, -0.25) is 9.89 Å². The molecule has 78 valence electrons. The second-order valence-electron chi connectivity index (χ2n) is 3.06. The Morgan fingerprint density at radius 1 is 1.53 bits per heavy atom. The van der Waals surface area contributed by atoms with Crippen LogP contribution in [-0.4, -0.2) is 24.9 Å². The zero-order valence-electron chi connectivity index (χ0n) is 8.24. The van der Waals surface area contributed by atoms with Gasteiger partial charge in [0, 0.05) is 0 Å². The number of nitrogens with zero attached hydrogens (tertiary/aromatic N) is 3. The van der Waals surface area contributed by atoms with Gasteiger partial charge < -0.3 is 5.32 Å². The standard InChI is InChI=1S/C8H9N5OS/c1-4-7(5(2)12-11-4)10-8(14)6-3-9-15-13-6/h3H,1-2H3,(H,10,14)(H,11,12). The Labute approximate surface area is 90.1 Å². The summed E-state index contributed by atoms with van der Waals surface area (Å²) >= 11 is 1.00. The van der Waals surface area contributed by atoms with Gasteiger partial charge in [0.05, 0.1) is 35.0 Å². The number of nitrogens with one attached hydrogen (secondary N) is 2. The lowest BCUT2D eigenvalue weighted by molar-refractivity contribution is 0.102. The number of aromatic nitrogens is 4. The van der Waals surface area contributed by atoms with E-state index in [9.17, 15) is 4.79 Å². The van der Waals surface area contributed by atoms with Crippen LogP contribution in [-0.2, 0) is 0 Å². The van der Waals surface area contributed by atoms with Crippen LogP contribution < -0.4 is 5.32 Å². The van der Waals surface area contributed by atoms with E-state index < -0.39 is 0 Å². The van der Waals surface area contributed by atoms with Crippen LogP contribution in [0.3, 0.4) is 0 Å². The largest absolute Gasteiger partial charge is 0.317 e. The van der Waals surface area contributed by atoms with E-state index in [-0.39, 0.29) is 5.91 Å². The lowest BCUT2D eigenvalue weighted by Gasteiger charge is -2.01. The van der Waals surface area contributed by atoms with Gasteiger partial charge in [0.25, 0.3) is 5.91 Å². The monoisotopic (exact) mass is 223 g/mol. The minimum atomic E-state index is -0.267. The Kier molecular flexibility index (Phi) is 2.46. The molecular formula is C8H9N5OS. The van der Waals surface area contributed by atoms with Gasteiger partial charge in [-0.15, -0.1) is 0 Å². The van der Waals surface area contributed by atoms with Crippen LogP contribution in [0.1, 0.15) is 21.9 Å². The molecule has 0 radical (unpaired) electrons. The highest BCUT2D eigenvalue weighted by Gasteiger charge is 2.13. The maximum Gasteiger partial charge on any atom is 0.277 e. The fraction of sp³-hybridized carbons (Fsp3) is 0.250. The molecule has 1 amide bonds. The van der Waals surface area contributed by atoms with E-state index in [1.165, 1.54) is 6.20 Å². The fourth-order valence-corrected chi connectivity index (χ4v) is 1.59. The summed E-state index contributed by atoms with van der Waals surface area (Å²) in [6, 6.07) is 0. The number of hydrogen-bond acceptors (Lipinski definition) is 5. The number of aromatic amines is 1. The van der Waals surface area contributed by atoms with Crippen molar-refractivity contribution < 1.29 is 4.79 Å². The molecule has 0 saturated carbocycles. The molecule has 0 fully saturated rings. The normalized spacial score (nSPS) is 10.3. The van der Waals surface area contributed by atoms with Crippen LogP contribution in [0.2, 0.25) is 0 Å². The Hall–Kier alpha value is -1.76. The number of amides is 1. The smallest absolute Gasteiger partial charge is 0.277 e. The van der Waals surface area contributed by atoms with Crippen molar-refractivity contribution in [2.75, 3.05) is 5.32 Å². The first-order valence-electron chi connectivity index (χ1n) is 4.29. The van der Waals surface area contributed by atoms with Crippen molar-refractivity contribution in [3.63, 3.8) is 0 Å². The molecule has 2 heterocycles. The molecular weight excluding hydrogens is 214 g/mol. The van der Waals surface area contributed by atoms with Crippen molar-refractivity contribution >= 4 is 23.3 Å². The van der Waals surface area contributed by atoms with E-state index in [4.69, 9.17) is 0 Å². The highest BCUT2D eigenvalue weighted by molar-refractivity contribution is 6.99. The van der Waals surface area contributed by atoms with Crippen molar-refractivity contribution in [3.05, 3.63) is 23.3 Å². The number of rotatable bonds is 2. The molecule has 0 aliphatic rings. The maximum atomic E-state index is 11.6. The molecule has 0 aliphatic heterocycles. The van der Waals surface area contributed by atoms with Gasteiger partial charge in [-0.2, -0.15) is 13.8 Å². The molecule has 0 bridgehead atoms. The van der Waals surface area contributed by atoms with E-state index in [1.54, 1.807) is 0 Å². The molecule has 2 N–H and O–H groups in total. The summed E-state index contributed by atoms with van der Waals surface area (Å²) in [5, 5.41) is 9.50. The molecule has 0 unspecified atom stereocenters. The van der Waals surface area contributed by atoms with E-state index in [0.29, 0.717) is 11.4 Å². The number of H-pyrrole nitrogens is 1. The van der Waals surface area contributed by atoms with Crippen LogP contribution in [0.25, 0.3) is 0 Å². The Morgan fingerprint density at radius 2 is 2.33 bits per heavy atom. The van der Waals surface area contributed by atoms with Crippen molar-refractivity contribution in [2.45, 2.75) is 13.8 Å². The summed E-state index contributed by atoms with van der Waals surface area (Å²) in [4.78, 5) is 11.6. The second-order valence-corrected chi connectivity index (χ2v) is 3.61. The van der Waals surface area contributed by atoms with E-state index >= 15 is 0 Å². The number of carbonyl (C=O) groups is 1. The second kappa shape index (κ2) is 3.77. The molecule has 6 nitrogen and oxygen atoms in total. The van der Waals surface area contributed by atoms with Gasteiger partial charge in [-0.25, -0.2) is 0 Å². The maximum absolute atomic E-state index is 11.6. The topological polar surface area (TPSA) is 83.6 Å². The number of carbonyl (C=O) groups excluding carboxylic acids is 1. The van der Waals surface area contributed by atoms with E-state index in [1.807, 2.05) is 13.8 Å². The average molecular weight is 223 g/mol. The van der Waals surface area contributed by atoms with Gasteiger partial charge >= 0.3 is 0 Å². The molecule has 0 aliphatic carbocycles. The van der Waals surface area contributed by atoms with Crippen molar-refractivity contribution in [1.29, 1.82) is 0 Å². The number of hydrogen-bond donors (Lipinski definition) is 2. The Morgan fingerprint density at radius 3 is 2.87 bits per heavy atom. The highest BCUT2D eigenvalue weighted by Crippen LogP contribution is 2.16. The number of aryl methyl sites for hydroxylation is 2. The van der Waals surface area contributed by atoms with Crippen LogP contribution in [0, 0.1) is 13.8 Å². The van der Waals surface area contributed by atoms with Crippen molar-refractivity contribution in [2.24, 2.45) is 0 Å². The summed E-state index contributed by atoms with van der Waals surface area (Å²) in [6.07, 6.45) is 1.44. The first kappa shape index (κ1) is 9.78. The first-order chi connectivity index (χ1) is 7.18. The minimum Gasteiger partial charge on any atom is -0.317 e. The molecule has 2 aromatic rings. The molecule has 15 heavy (non-hydrogen) atoms. The average Bonchev–Trinajstić information content (AvgIpc) is 2.82. The number of anilines is 1. The quantitative estimate of drug-likeness (QED) is 0.799. The SMILES string of the molecule is Cc1n[nH]c(C)c1NC(=O)c1cnsn1. The van der Waals surface area contributed by atoms with Gasteiger partial charge in [-0.05, 0) is 13.8 Å². The molecule has 0 aromatic carbocycles. The summed E-state index contributed by atoms with van der Waals surface area (Å²) in [5.74, 6) is -0.267. The summed E-state index contributed by atoms with van der Waals surface area (Å²) in [6.45, 7) is 3.66. The minimum absolute atomic E-state index is 0.267. The lowest BCUT2D eigenvalue weighted by Crippen LogP contribution is -2.13. The Bertz CT molecular complexity index is 456. The van der Waals surface area contributed by atoms with E-state index in [2.05, 4.69) is 24.3 Å². The zero-order valence-corrected chi connectivity index (χ0v) is 9.05. The van der Waals surface area contributed by atoms with Gasteiger partial charge in [0.15, 0.2) is 5.69 Å². The molecule has 7 heteroatoms. The van der Waals surface area contributed by atoms with Crippen LogP contribution in [0.15, 0.2) is 6.20 Å². The van der Waals surface area contributed by atoms with Gasteiger partial charge in [-0.1, -0.05) is 0 Å². The van der Waals surface area contributed by atoms with Crippen molar-refractivity contribution in [3.8, 4) is 0 Å². The summed E-state index contributed by atoms with van der Waals surface area (Å²) in [5.41, 5.74) is 2.60. The van der Waals surface area contributed by atoms with Crippen LogP contribution in [0.5, 0.6) is 0 Å². The van der Waals surface area contributed by atoms with E-state index in [0.717, 1.165) is 23.1 Å². The zero-order chi connectivity index (χ0) is 10.8. The van der Waals surface area contributed by atoms with Crippen molar-refractivity contribution in [1.82, 2.24) is 18.9 Å². The summed E-state index contributed by atoms with van der Waals surface area (Å²) < 4.78 is 7.61. The molecule has 0 spiro atoms. The molecule has 2 rings (SSSR count).